The lowest BCUT2D eigenvalue weighted by Crippen LogP contribution is -2.50. The molecule has 0 aromatic heterocycles. The van der Waals surface area contributed by atoms with Crippen LogP contribution in [0.5, 0.6) is 0 Å². The van der Waals surface area contributed by atoms with Gasteiger partial charge in [0, 0.05) is 0 Å². The summed E-state index contributed by atoms with van der Waals surface area (Å²) in [6.45, 7) is 0. The number of hydrogen-bond donors (Lipinski definition) is 5. The quantitative estimate of drug-likeness (QED) is 0.326. The summed E-state index contributed by atoms with van der Waals surface area (Å²) in [4.78, 5) is 42.1. The highest BCUT2D eigenvalue weighted by atomic mass is 16.5. The van der Waals surface area contributed by atoms with Gasteiger partial charge < -0.3 is 25.6 Å². The minimum absolute atomic E-state index is 0.285. The van der Waals surface area contributed by atoms with Crippen molar-refractivity contribution < 1.29 is 44.8 Å². The first-order chi connectivity index (χ1) is 8.16. The minimum atomic E-state index is -2.05. The summed E-state index contributed by atoms with van der Waals surface area (Å²) in [6.07, 6.45) is -2.15. The maximum Gasteiger partial charge on any atom is 0.323 e. The molecule has 0 fully saturated rings. The number of hydrogen-bond acceptors (Lipinski definition) is 6. The van der Waals surface area contributed by atoms with Crippen molar-refractivity contribution in [1.82, 2.24) is 5.06 Å². The van der Waals surface area contributed by atoms with Crippen molar-refractivity contribution in [3.05, 3.63) is 0 Å². The molecule has 0 bridgehead atoms. The summed E-state index contributed by atoms with van der Waals surface area (Å²) in [6, 6.07) is -4.11. The molecule has 2 atom stereocenters. The van der Waals surface area contributed by atoms with Crippen molar-refractivity contribution in [2.75, 3.05) is 0 Å². The number of rotatable bonds is 8. The molecule has 0 aliphatic carbocycles. The first-order valence-corrected chi connectivity index (χ1v) is 4.53. The van der Waals surface area contributed by atoms with Crippen molar-refractivity contribution >= 4 is 23.9 Å². The van der Waals surface area contributed by atoms with Gasteiger partial charge in [0.05, 0.1) is 12.8 Å². The van der Waals surface area contributed by atoms with E-state index in [1.165, 1.54) is 0 Å². The van der Waals surface area contributed by atoms with Crippen LogP contribution >= 0.6 is 0 Å². The van der Waals surface area contributed by atoms with Gasteiger partial charge in [0.15, 0.2) is 0 Å². The SMILES string of the molecule is O=C(O)CC(C(=O)O)N(O)C(CC(=O)O)C(=O)O. The lowest BCUT2D eigenvalue weighted by Gasteiger charge is -2.26. The molecule has 18 heavy (non-hydrogen) atoms. The Balaban J connectivity index is 5.05. The van der Waals surface area contributed by atoms with Gasteiger partial charge in [-0.15, -0.1) is 0 Å². The molecule has 5 N–H and O–H groups in total. The minimum Gasteiger partial charge on any atom is -0.481 e. The zero-order valence-corrected chi connectivity index (χ0v) is 8.89. The molecule has 0 aromatic rings. The molecule has 0 aromatic carbocycles. The molecule has 0 saturated heterocycles. The second-order valence-corrected chi connectivity index (χ2v) is 3.28. The Morgan fingerprint density at radius 1 is 0.778 bits per heavy atom. The Morgan fingerprint density at radius 2 is 1.06 bits per heavy atom. The highest BCUT2D eigenvalue weighted by Gasteiger charge is 2.37. The van der Waals surface area contributed by atoms with E-state index in [4.69, 9.17) is 20.4 Å². The maximum atomic E-state index is 10.7. The third-order valence-electron chi connectivity index (χ3n) is 1.94. The fraction of sp³-hybridized carbons (Fsp3) is 0.500. The lowest BCUT2D eigenvalue weighted by atomic mass is 10.1. The van der Waals surface area contributed by atoms with Gasteiger partial charge in [0.2, 0.25) is 0 Å². The van der Waals surface area contributed by atoms with Gasteiger partial charge in [-0.3, -0.25) is 19.2 Å². The fourth-order valence-corrected chi connectivity index (χ4v) is 1.14. The van der Waals surface area contributed by atoms with Gasteiger partial charge in [-0.25, -0.2) is 0 Å². The third kappa shape index (κ3) is 4.76. The van der Waals surface area contributed by atoms with Gasteiger partial charge in [-0.05, 0) is 0 Å². The molecule has 10 heteroatoms. The summed E-state index contributed by atoms with van der Waals surface area (Å²) >= 11 is 0. The van der Waals surface area contributed by atoms with E-state index in [2.05, 4.69) is 0 Å². The Bertz CT molecular complexity index is 332. The molecule has 0 rings (SSSR count). The van der Waals surface area contributed by atoms with E-state index in [9.17, 15) is 24.4 Å². The smallest absolute Gasteiger partial charge is 0.323 e. The van der Waals surface area contributed by atoms with Gasteiger partial charge in [-0.2, -0.15) is 5.06 Å². The second kappa shape index (κ2) is 6.51. The monoisotopic (exact) mass is 265 g/mol. The third-order valence-corrected chi connectivity index (χ3v) is 1.94. The van der Waals surface area contributed by atoms with Crippen molar-refractivity contribution in [1.29, 1.82) is 0 Å². The topological polar surface area (TPSA) is 173 Å². The molecule has 0 aliphatic rings. The molecule has 10 nitrogen and oxygen atoms in total. The van der Waals surface area contributed by atoms with E-state index in [-0.39, 0.29) is 5.06 Å². The molecule has 2 unspecified atom stereocenters. The van der Waals surface area contributed by atoms with E-state index in [1.807, 2.05) is 0 Å². The molecule has 0 radical (unpaired) electrons. The molecule has 0 saturated carbocycles. The number of carboxylic acid groups (broad SMARTS) is 4. The molecule has 0 aliphatic heterocycles. The average molecular weight is 265 g/mol. The van der Waals surface area contributed by atoms with Crippen LogP contribution in [0.2, 0.25) is 0 Å². The Morgan fingerprint density at radius 3 is 1.22 bits per heavy atom. The average Bonchev–Trinajstić information content (AvgIpc) is 2.20. The number of nitrogens with zero attached hydrogens (tertiary/aromatic N) is 1. The van der Waals surface area contributed by atoms with E-state index in [0.717, 1.165) is 0 Å². The largest absolute Gasteiger partial charge is 0.481 e. The summed E-state index contributed by atoms with van der Waals surface area (Å²) in [5.41, 5.74) is 0. The number of carboxylic acids is 4. The van der Waals surface area contributed by atoms with Crippen molar-refractivity contribution in [3.8, 4) is 0 Å². The normalized spacial score (nSPS) is 13.9. The van der Waals surface area contributed by atoms with Crippen LogP contribution in [-0.4, -0.2) is 66.7 Å². The number of aliphatic carboxylic acids is 4. The first kappa shape index (κ1) is 15.8. The summed E-state index contributed by atoms with van der Waals surface area (Å²) < 4.78 is 0. The van der Waals surface area contributed by atoms with Crippen LogP contribution in [0.15, 0.2) is 0 Å². The van der Waals surface area contributed by atoms with E-state index in [0.29, 0.717) is 0 Å². The van der Waals surface area contributed by atoms with Crippen molar-refractivity contribution in [3.63, 3.8) is 0 Å². The van der Waals surface area contributed by atoms with E-state index < -0.39 is 48.8 Å². The molecule has 0 spiro atoms. The fourth-order valence-electron chi connectivity index (χ4n) is 1.14. The highest BCUT2D eigenvalue weighted by Crippen LogP contribution is 2.11. The van der Waals surface area contributed by atoms with E-state index in [1.54, 1.807) is 0 Å². The predicted octanol–water partition coefficient (Wildman–Crippen LogP) is -1.47. The van der Waals surface area contributed by atoms with Gasteiger partial charge in [-0.1, -0.05) is 0 Å². The van der Waals surface area contributed by atoms with E-state index >= 15 is 0 Å². The Hall–Kier alpha value is -2.20. The summed E-state index contributed by atoms with van der Waals surface area (Å²) in [5, 5.41) is 43.2. The maximum absolute atomic E-state index is 10.7. The Kier molecular flexibility index (Phi) is 5.72. The molecular formula is C8H11NO9. The van der Waals surface area contributed by atoms with Crippen molar-refractivity contribution in [2.45, 2.75) is 24.9 Å². The zero-order valence-electron chi connectivity index (χ0n) is 8.89. The molecular weight excluding hydrogens is 254 g/mol. The van der Waals surface area contributed by atoms with Gasteiger partial charge in [0.1, 0.15) is 12.1 Å². The van der Waals surface area contributed by atoms with Crippen LogP contribution < -0.4 is 0 Å². The zero-order chi connectivity index (χ0) is 14.5. The van der Waals surface area contributed by atoms with Gasteiger partial charge >= 0.3 is 23.9 Å². The van der Waals surface area contributed by atoms with Crippen LogP contribution in [0, 0.1) is 0 Å². The summed E-state index contributed by atoms with van der Waals surface area (Å²) in [5.74, 6) is -6.73. The van der Waals surface area contributed by atoms with Crippen LogP contribution in [0.3, 0.4) is 0 Å². The highest BCUT2D eigenvalue weighted by molar-refractivity contribution is 5.83. The number of hydroxylamine groups is 2. The Labute approximate surface area is 99.6 Å². The van der Waals surface area contributed by atoms with Gasteiger partial charge in [0.25, 0.3) is 0 Å². The van der Waals surface area contributed by atoms with Crippen LogP contribution in [0.4, 0.5) is 0 Å². The van der Waals surface area contributed by atoms with Crippen LogP contribution in [0.25, 0.3) is 0 Å². The first-order valence-electron chi connectivity index (χ1n) is 4.53. The molecule has 0 amide bonds. The number of carbonyl (C=O) groups is 4. The lowest BCUT2D eigenvalue weighted by molar-refractivity contribution is -0.199. The molecule has 102 valence electrons. The molecule has 0 heterocycles. The summed E-state index contributed by atoms with van der Waals surface area (Å²) in [7, 11) is 0. The van der Waals surface area contributed by atoms with Crippen molar-refractivity contribution in [2.24, 2.45) is 0 Å². The standard InChI is InChI=1S/C8H11NO9/c10-5(11)1-3(7(14)15)9(18)4(8(16)17)2-6(12)13/h3-4,18H,1-2H2,(H,10,11)(H,12,13)(H,14,15)(H,16,17). The van der Waals surface area contributed by atoms with Crippen LogP contribution in [-0.2, 0) is 19.2 Å². The predicted molar refractivity (Wildman–Crippen MR) is 51.0 cm³/mol. The van der Waals surface area contributed by atoms with Crippen LogP contribution in [0.1, 0.15) is 12.8 Å². The second-order valence-electron chi connectivity index (χ2n) is 3.28.